The molecule has 3 rings (SSSR count). The predicted molar refractivity (Wildman–Crippen MR) is 127 cm³/mol. The van der Waals surface area contributed by atoms with Gasteiger partial charge in [0.05, 0.1) is 12.1 Å². The Morgan fingerprint density at radius 2 is 1.95 bits per heavy atom. The Balaban J connectivity index is 1.85. The average Bonchev–Trinajstić information content (AvgIpc) is 3.28. The molecule has 1 heterocycles. The van der Waals surface area contributed by atoms with Gasteiger partial charge in [0.25, 0.3) is 5.91 Å². The third kappa shape index (κ3) is 7.35. The van der Waals surface area contributed by atoms with Crippen LogP contribution in [0.4, 0.5) is 27.6 Å². The van der Waals surface area contributed by atoms with Crippen LogP contribution in [0.2, 0.25) is 0 Å². The summed E-state index contributed by atoms with van der Waals surface area (Å²) in [4.78, 5) is 16.7. The average molecular weight is 530 g/mol. The molecular weight excluding hydrogens is 501 g/mol. The molecule has 37 heavy (non-hydrogen) atoms. The first-order chi connectivity index (χ1) is 17.4. The van der Waals surface area contributed by atoms with Crippen molar-refractivity contribution in [2.75, 3.05) is 18.9 Å². The van der Waals surface area contributed by atoms with Crippen molar-refractivity contribution in [1.29, 1.82) is 0 Å². The first kappa shape index (κ1) is 28.2. The van der Waals surface area contributed by atoms with E-state index in [1.54, 1.807) is 6.92 Å². The van der Waals surface area contributed by atoms with Crippen molar-refractivity contribution in [3.05, 3.63) is 59.2 Å². The molecule has 202 valence electrons. The highest BCUT2D eigenvalue weighted by atomic mass is 19.4. The number of nitrogens with zero attached hydrogens (tertiary/aromatic N) is 1. The molecule has 0 aliphatic carbocycles. The van der Waals surface area contributed by atoms with E-state index >= 15 is 0 Å². The van der Waals surface area contributed by atoms with E-state index in [0.717, 1.165) is 6.07 Å². The van der Waals surface area contributed by atoms with Crippen LogP contribution in [-0.2, 0) is 4.79 Å². The van der Waals surface area contributed by atoms with Gasteiger partial charge < -0.3 is 26.8 Å². The summed E-state index contributed by atoms with van der Waals surface area (Å²) in [6.45, 7) is 1.22. The van der Waals surface area contributed by atoms with Gasteiger partial charge in [-0.25, -0.2) is 19.6 Å². The molecule has 1 amide bonds. The predicted octanol–water partition coefficient (Wildman–Crippen LogP) is 2.15. The van der Waals surface area contributed by atoms with Crippen LogP contribution in [0.5, 0.6) is 5.75 Å². The lowest BCUT2D eigenvalue weighted by Gasteiger charge is -2.24. The topological polar surface area (TPSA) is 136 Å². The minimum atomic E-state index is -4.83. The first-order valence-electron chi connectivity index (χ1n) is 11.3. The van der Waals surface area contributed by atoms with Gasteiger partial charge in [-0.1, -0.05) is 6.07 Å². The summed E-state index contributed by atoms with van der Waals surface area (Å²) in [7, 11) is 1.38. The van der Waals surface area contributed by atoms with Crippen molar-refractivity contribution < 1.29 is 31.9 Å². The van der Waals surface area contributed by atoms with Crippen molar-refractivity contribution in [2.45, 2.75) is 37.8 Å². The number of amides is 1. The van der Waals surface area contributed by atoms with Crippen molar-refractivity contribution >= 4 is 17.6 Å². The molecule has 0 spiro atoms. The largest absolute Gasteiger partial charge is 0.505 e. The van der Waals surface area contributed by atoms with E-state index in [4.69, 9.17) is 5.73 Å². The highest BCUT2D eigenvalue weighted by molar-refractivity contribution is 6.02. The number of phenols is 1. The van der Waals surface area contributed by atoms with Gasteiger partial charge in [0.2, 0.25) is 5.96 Å². The maximum absolute atomic E-state index is 13.8. The maximum atomic E-state index is 13.8. The van der Waals surface area contributed by atoms with E-state index in [9.17, 15) is 31.9 Å². The molecule has 0 radical (unpaired) electrons. The molecule has 4 atom stereocenters. The molecule has 8 N–H and O–H groups in total. The number of aromatic hydroxyl groups is 1. The zero-order valence-electron chi connectivity index (χ0n) is 20.0. The normalized spacial score (nSPS) is 19.9. The van der Waals surface area contributed by atoms with Gasteiger partial charge in [-0.05, 0) is 55.4 Å². The molecule has 4 unspecified atom stereocenters. The van der Waals surface area contributed by atoms with E-state index in [-0.39, 0.29) is 12.5 Å². The number of carbonyl (C=O) groups excluding carboxylic acids is 1. The molecule has 1 aliphatic heterocycles. The lowest BCUT2D eigenvalue weighted by Crippen LogP contribution is -2.51. The Morgan fingerprint density at radius 3 is 2.57 bits per heavy atom. The van der Waals surface area contributed by atoms with Crippen LogP contribution in [0.1, 0.15) is 23.6 Å². The number of halogens is 5. The minimum absolute atomic E-state index is 0.202. The molecule has 2 aromatic carbocycles. The van der Waals surface area contributed by atoms with Gasteiger partial charge in [-0.3, -0.25) is 4.79 Å². The second kappa shape index (κ2) is 11.8. The second-order valence-electron chi connectivity index (χ2n) is 8.60. The van der Waals surface area contributed by atoms with Gasteiger partial charge in [-0.15, -0.1) is 0 Å². The Labute approximate surface area is 209 Å². The van der Waals surface area contributed by atoms with Gasteiger partial charge in [0.15, 0.2) is 11.6 Å². The third-order valence-electron chi connectivity index (χ3n) is 5.80. The monoisotopic (exact) mass is 529 g/mol. The van der Waals surface area contributed by atoms with Crippen LogP contribution in [0, 0.1) is 24.5 Å². The van der Waals surface area contributed by atoms with E-state index in [0.29, 0.717) is 23.2 Å². The van der Waals surface area contributed by atoms with E-state index in [1.165, 1.54) is 37.4 Å². The lowest BCUT2D eigenvalue weighted by atomic mass is 9.99. The van der Waals surface area contributed by atoms with Crippen LogP contribution in [0.25, 0.3) is 0 Å². The highest BCUT2D eigenvalue weighted by Gasteiger charge is 2.44. The number of hydrogen-bond acceptors (Lipinski definition) is 6. The van der Waals surface area contributed by atoms with E-state index in [2.05, 4.69) is 31.8 Å². The quantitative estimate of drug-likeness (QED) is 0.165. The number of guanidine groups is 1. The van der Waals surface area contributed by atoms with Gasteiger partial charge in [-0.2, -0.15) is 18.2 Å². The SMILES string of the molecule is CNCC(C(=O)/N=C(/Nc1ccc(F)cc1C)NC1CC(c2ccc(O)c(F)c2)NN1)C(N)C(F)(F)F. The molecule has 0 saturated carbocycles. The second-order valence-corrected chi connectivity index (χ2v) is 8.60. The summed E-state index contributed by atoms with van der Waals surface area (Å²) in [5.74, 6) is -4.83. The fraction of sp³-hybridized carbons (Fsp3) is 0.391. The standard InChI is InChI=1S/C23H28F5N7O2/c1-11-7-13(24)4-5-16(11)31-22(33-21(37)14(10-30-2)20(29)23(26,27)28)32-19-9-17(34-35-19)12-3-6-18(36)15(25)8-12/h3-8,14,17,19-20,30,34-36H,9-10,29H2,1-2H3,(H2,31,32,33,37). The Morgan fingerprint density at radius 1 is 1.22 bits per heavy atom. The smallest absolute Gasteiger partial charge is 0.404 e. The number of hydrogen-bond donors (Lipinski definition) is 7. The molecule has 2 aromatic rings. The van der Waals surface area contributed by atoms with Crippen LogP contribution in [0.15, 0.2) is 41.4 Å². The third-order valence-corrected chi connectivity index (χ3v) is 5.80. The number of carbonyl (C=O) groups is 1. The first-order valence-corrected chi connectivity index (χ1v) is 11.3. The molecule has 14 heteroatoms. The molecule has 0 bridgehead atoms. The van der Waals surface area contributed by atoms with Gasteiger partial charge in [0.1, 0.15) is 11.9 Å². The number of nitrogens with one attached hydrogen (secondary N) is 5. The summed E-state index contributed by atoms with van der Waals surface area (Å²) in [5, 5.41) is 17.7. The number of rotatable bonds is 7. The Kier molecular flexibility index (Phi) is 9.02. The van der Waals surface area contributed by atoms with Crippen LogP contribution >= 0.6 is 0 Å². The van der Waals surface area contributed by atoms with Gasteiger partial charge in [0, 0.05) is 24.7 Å². The maximum Gasteiger partial charge on any atom is 0.404 e. The Hall–Kier alpha value is -3.33. The summed E-state index contributed by atoms with van der Waals surface area (Å²) >= 11 is 0. The number of alkyl halides is 3. The van der Waals surface area contributed by atoms with Crippen molar-refractivity contribution in [3.63, 3.8) is 0 Å². The zero-order chi connectivity index (χ0) is 27.3. The van der Waals surface area contributed by atoms with Crippen molar-refractivity contribution in [1.82, 2.24) is 21.5 Å². The number of phenolic OH excluding ortho intramolecular Hbond substituents is 1. The molecular formula is C23H28F5N7O2. The zero-order valence-corrected chi connectivity index (χ0v) is 20.0. The molecule has 1 saturated heterocycles. The fourth-order valence-electron chi connectivity index (χ4n) is 3.77. The van der Waals surface area contributed by atoms with Crippen molar-refractivity contribution in [3.8, 4) is 5.75 Å². The van der Waals surface area contributed by atoms with Crippen LogP contribution < -0.4 is 32.5 Å². The van der Waals surface area contributed by atoms with E-state index in [1.807, 2.05) is 0 Å². The molecule has 1 fully saturated rings. The van der Waals surface area contributed by atoms with Crippen LogP contribution in [-0.4, -0.2) is 48.9 Å². The highest BCUT2D eigenvalue weighted by Crippen LogP contribution is 2.27. The fourth-order valence-corrected chi connectivity index (χ4v) is 3.77. The number of aliphatic imine (C=N–C) groups is 1. The number of nitrogens with two attached hydrogens (primary N) is 1. The van der Waals surface area contributed by atoms with Crippen molar-refractivity contribution in [2.24, 2.45) is 16.6 Å². The number of anilines is 1. The summed E-state index contributed by atoms with van der Waals surface area (Å²) in [6, 6.07) is 4.83. The molecule has 9 nitrogen and oxygen atoms in total. The molecule has 0 aromatic heterocycles. The summed E-state index contributed by atoms with van der Waals surface area (Å²) in [5.41, 5.74) is 12.5. The number of hydrazine groups is 1. The van der Waals surface area contributed by atoms with Crippen LogP contribution in [0.3, 0.4) is 0 Å². The summed E-state index contributed by atoms with van der Waals surface area (Å²) in [6.07, 6.45) is -5.14. The molecule has 1 aliphatic rings. The van der Waals surface area contributed by atoms with Gasteiger partial charge >= 0.3 is 6.18 Å². The Bertz CT molecular complexity index is 1140. The minimum Gasteiger partial charge on any atom is -0.505 e. The lowest BCUT2D eigenvalue weighted by molar-refractivity contribution is -0.164. The van der Waals surface area contributed by atoms with E-state index < -0.39 is 53.6 Å². The number of aryl methyl sites for hydroxylation is 1. The summed E-state index contributed by atoms with van der Waals surface area (Å²) < 4.78 is 67.1. The number of benzene rings is 2.